The van der Waals surface area contributed by atoms with Crippen LogP contribution in [0.25, 0.3) is 0 Å². The molecule has 2 nitrogen and oxygen atoms in total. The molecular formula is C13H10ClFN2S. The van der Waals surface area contributed by atoms with Crippen LogP contribution in [0.4, 0.5) is 10.1 Å². The molecule has 1 aromatic heterocycles. The Balaban J connectivity index is 1.91. The van der Waals surface area contributed by atoms with Gasteiger partial charge in [0.1, 0.15) is 11.9 Å². The van der Waals surface area contributed by atoms with E-state index >= 15 is 0 Å². The van der Waals surface area contributed by atoms with Crippen LogP contribution in [0.2, 0.25) is 4.34 Å². The van der Waals surface area contributed by atoms with Gasteiger partial charge in [-0.2, -0.15) is 5.26 Å². The van der Waals surface area contributed by atoms with Crippen molar-refractivity contribution in [3.8, 4) is 6.07 Å². The van der Waals surface area contributed by atoms with E-state index in [-0.39, 0.29) is 5.56 Å². The van der Waals surface area contributed by atoms with E-state index in [1.165, 1.54) is 17.0 Å². The van der Waals surface area contributed by atoms with E-state index in [1.54, 1.807) is 23.5 Å². The van der Waals surface area contributed by atoms with Crippen LogP contribution in [0.3, 0.4) is 0 Å². The maximum Gasteiger partial charge on any atom is 0.143 e. The summed E-state index contributed by atoms with van der Waals surface area (Å²) in [6.45, 7) is 0.697. The lowest BCUT2D eigenvalue weighted by atomic mass is 10.2. The number of anilines is 1. The Kier molecular flexibility index (Phi) is 4.19. The molecule has 0 spiro atoms. The van der Waals surface area contributed by atoms with E-state index in [2.05, 4.69) is 5.32 Å². The average Bonchev–Trinajstić information content (AvgIpc) is 2.75. The zero-order valence-electron chi connectivity index (χ0n) is 9.41. The van der Waals surface area contributed by atoms with E-state index in [0.29, 0.717) is 12.2 Å². The highest BCUT2D eigenvalue weighted by atomic mass is 35.5. The predicted molar refractivity (Wildman–Crippen MR) is 72.6 cm³/mol. The maximum absolute atomic E-state index is 13.3. The number of rotatable bonds is 4. The van der Waals surface area contributed by atoms with E-state index in [1.807, 2.05) is 12.1 Å². The van der Waals surface area contributed by atoms with Gasteiger partial charge in [-0.3, -0.25) is 0 Å². The summed E-state index contributed by atoms with van der Waals surface area (Å²) in [4.78, 5) is 1.18. The summed E-state index contributed by atoms with van der Waals surface area (Å²) in [6.07, 6.45) is 0.832. The van der Waals surface area contributed by atoms with Crippen molar-refractivity contribution in [1.29, 1.82) is 5.26 Å². The summed E-state index contributed by atoms with van der Waals surface area (Å²) in [5.74, 6) is -0.498. The highest BCUT2D eigenvalue weighted by molar-refractivity contribution is 7.16. The van der Waals surface area contributed by atoms with E-state index in [4.69, 9.17) is 16.9 Å². The van der Waals surface area contributed by atoms with Gasteiger partial charge in [-0.1, -0.05) is 11.6 Å². The maximum atomic E-state index is 13.3. The third-order valence-corrected chi connectivity index (χ3v) is 3.71. The minimum Gasteiger partial charge on any atom is -0.385 e. The Labute approximate surface area is 114 Å². The van der Waals surface area contributed by atoms with Crippen molar-refractivity contribution in [2.45, 2.75) is 6.42 Å². The van der Waals surface area contributed by atoms with Crippen molar-refractivity contribution >= 4 is 28.6 Å². The van der Waals surface area contributed by atoms with Gasteiger partial charge in [0.25, 0.3) is 0 Å². The summed E-state index contributed by atoms with van der Waals surface area (Å²) >= 11 is 7.37. The van der Waals surface area contributed by atoms with E-state index in [9.17, 15) is 4.39 Å². The number of hydrogen-bond acceptors (Lipinski definition) is 3. The Morgan fingerprint density at radius 2 is 2.17 bits per heavy atom. The Morgan fingerprint density at radius 3 is 2.78 bits per heavy atom. The van der Waals surface area contributed by atoms with Crippen molar-refractivity contribution in [3.05, 3.63) is 50.9 Å². The van der Waals surface area contributed by atoms with Gasteiger partial charge in [0.2, 0.25) is 0 Å². The molecule has 1 aromatic carbocycles. The molecule has 0 fully saturated rings. The Morgan fingerprint density at radius 1 is 1.33 bits per heavy atom. The number of benzene rings is 1. The minimum atomic E-state index is -0.498. The molecule has 0 saturated carbocycles. The van der Waals surface area contributed by atoms with Gasteiger partial charge >= 0.3 is 0 Å². The molecule has 1 N–H and O–H groups in total. The Bertz CT molecular complexity index is 589. The van der Waals surface area contributed by atoms with Crippen molar-refractivity contribution in [2.75, 3.05) is 11.9 Å². The topological polar surface area (TPSA) is 35.8 Å². The summed E-state index contributed by atoms with van der Waals surface area (Å²) in [5.41, 5.74) is 0.736. The van der Waals surface area contributed by atoms with Crippen molar-refractivity contribution < 1.29 is 4.39 Å². The molecule has 0 unspecified atom stereocenters. The number of halogens is 2. The first-order valence-corrected chi connectivity index (χ1v) is 6.56. The minimum absolute atomic E-state index is 0.0607. The van der Waals surface area contributed by atoms with Crippen LogP contribution < -0.4 is 5.32 Å². The summed E-state index contributed by atoms with van der Waals surface area (Å²) < 4.78 is 14.1. The lowest BCUT2D eigenvalue weighted by Gasteiger charge is -2.05. The number of hydrogen-bond donors (Lipinski definition) is 1. The third-order valence-electron chi connectivity index (χ3n) is 2.42. The fourth-order valence-electron chi connectivity index (χ4n) is 1.53. The van der Waals surface area contributed by atoms with Crippen LogP contribution in [-0.2, 0) is 6.42 Å². The monoisotopic (exact) mass is 280 g/mol. The fourth-order valence-corrected chi connectivity index (χ4v) is 2.62. The SMILES string of the molecule is N#Cc1ccc(NCCc2ccc(Cl)s2)cc1F. The number of nitrogens with zero attached hydrogens (tertiary/aromatic N) is 1. The van der Waals surface area contributed by atoms with Gasteiger partial charge < -0.3 is 5.32 Å². The first-order valence-electron chi connectivity index (χ1n) is 5.37. The zero-order chi connectivity index (χ0) is 13.0. The van der Waals surface area contributed by atoms with Crippen LogP contribution in [0.1, 0.15) is 10.4 Å². The van der Waals surface area contributed by atoms with Crippen molar-refractivity contribution in [2.24, 2.45) is 0 Å². The molecule has 92 valence electrons. The van der Waals surface area contributed by atoms with E-state index in [0.717, 1.165) is 10.8 Å². The van der Waals surface area contributed by atoms with Crippen LogP contribution >= 0.6 is 22.9 Å². The normalized spacial score (nSPS) is 10.1. The molecule has 0 aliphatic carbocycles. The zero-order valence-corrected chi connectivity index (χ0v) is 11.0. The van der Waals surface area contributed by atoms with Gasteiger partial charge in [0, 0.05) is 17.1 Å². The van der Waals surface area contributed by atoms with Gasteiger partial charge in [-0.15, -0.1) is 11.3 Å². The number of nitrogens with one attached hydrogen (secondary N) is 1. The molecule has 18 heavy (non-hydrogen) atoms. The number of nitriles is 1. The van der Waals surface area contributed by atoms with Crippen LogP contribution in [0.5, 0.6) is 0 Å². The number of thiophene rings is 1. The first kappa shape index (κ1) is 12.9. The van der Waals surface area contributed by atoms with Gasteiger partial charge in [-0.05, 0) is 36.8 Å². The summed E-state index contributed by atoms with van der Waals surface area (Å²) in [6, 6.07) is 10.1. The van der Waals surface area contributed by atoms with Crippen LogP contribution in [0.15, 0.2) is 30.3 Å². The van der Waals surface area contributed by atoms with Gasteiger partial charge in [-0.25, -0.2) is 4.39 Å². The molecule has 2 aromatic rings. The standard InChI is InChI=1S/C13H10ClFN2S/c14-13-4-3-11(18-13)5-6-17-10-2-1-9(8-16)12(15)7-10/h1-4,7,17H,5-6H2. The van der Waals surface area contributed by atoms with E-state index < -0.39 is 5.82 Å². The predicted octanol–water partition coefficient (Wildman–Crippen LogP) is 4.07. The molecule has 0 amide bonds. The van der Waals surface area contributed by atoms with Crippen LogP contribution in [0, 0.1) is 17.1 Å². The highest BCUT2D eigenvalue weighted by Gasteiger charge is 2.02. The molecule has 0 aliphatic heterocycles. The molecule has 2 rings (SSSR count). The lowest BCUT2D eigenvalue weighted by Crippen LogP contribution is -2.04. The van der Waals surface area contributed by atoms with Crippen molar-refractivity contribution in [3.63, 3.8) is 0 Å². The third kappa shape index (κ3) is 3.22. The van der Waals surface area contributed by atoms with Crippen molar-refractivity contribution in [1.82, 2.24) is 0 Å². The molecular weight excluding hydrogens is 271 g/mol. The average molecular weight is 281 g/mol. The molecule has 0 radical (unpaired) electrons. The second kappa shape index (κ2) is 5.85. The van der Waals surface area contributed by atoms with Gasteiger partial charge in [0.15, 0.2) is 0 Å². The molecule has 0 bridgehead atoms. The second-order valence-corrected chi connectivity index (χ2v) is 5.49. The molecule has 0 aliphatic rings. The fraction of sp³-hybridized carbons (Fsp3) is 0.154. The quantitative estimate of drug-likeness (QED) is 0.916. The molecule has 5 heteroatoms. The van der Waals surface area contributed by atoms with Crippen LogP contribution in [-0.4, -0.2) is 6.54 Å². The second-order valence-electron chi connectivity index (χ2n) is 3.69. The highest BCUT2D eigenvalue weighted by Crippen LogP contribution is 2.22. The molecule has 0 saturated heterocycles. The summed E-state index contributed by atoms with van der Waals surface area (Å²) in [7, 11) is 0. The summed E-state index contributed by atoms with van der Waals surface area (Å²) in [5, 5.41) is 11.7. The first-order chi connectivity index (χ1) is 8.69. The molecule has 1 heterocycles. The lowest BCUT2D eigenvalue weighted by molar-refractivity contribution is 0.624. The van der Waals surface area contributed by atoms with Gasteiger partial charge in [0.05, 0.1) is 9.90 Å². The largest absolute Gasteiger partial charge is 0.385 e. The smallest absolute Gasteiger partial charge is 0.143 e. The molecule has 0 atom stereocenters. The Hall–Kier alpha value is -1.57.